The maximum Gasteiger partial charge on any atom is 0.251 e. The largest absolute Gasteiger partial charge is 0.487 e. The first-order valence-electron chi connectivity index (χ1n) is 9.17. The quantitative estimate of drug-likeness (QED) is 0.735. The molecule has 2 heterocycles. The Balaban J connectivity index is 0.00000196. The van der Waals surface area contributed by atoms with E-state index in [4.69, 9.17) is 4.74 Å². The number of aromatic nitrogens is 1. The van der Waals surface area contributed by atoms with Crippen molar-refractivity contribution >= 4 is 30.7 Å². The predicted molar refractivity (Wildman–Crippen MR) is 117 cm³/mol. The van der Waals surface area contributed by atoms with Crippen LogP contribution in [-0.4, -0.2) is 30.5 Å². The maximum absolute atomic E-state index is 12.5. The van der Waals surface area contributed by atoms with Gasteiger partial charge in [-0.15, -0.1) is 24.8 Å². The molecule has 1 aliphatic rings. The molecule has 1 aliphatic heterocycles. The molecule has 1 aromatic heterocycles. The number of ether oxygens (including phenoxy) is 1. The number of nitrogens with zero attached hydrogens (tertiary/aromatic N) is 1. The first-order valence-corrected chi connectivity index (χ1v) is 9.17. The molecule has 0 spiro atoms. The van der Waals surface area contributed by atoms with Gasteiger partial charge in [-0.25, -0.2) is 0 Å². The number of nitrogens with one attached hydrogen (secondary N) is 2. The minimum atomic E-state index is -0.0244. The fourth-order valence-corrected chi connectivity index (χ4v) is 3.11. The topological polar surface area (TPSA) is 63.2 Å². The monoisotopic (exact) mass is 425 g/mol. The summed E-state index contributed by atoms with van der Waals surface area (Å²) in [4.78, 5) is 16.7. The standard InChI is InChI=1S/C21H27N3O2.2ClH/c1-16-6-7-19(13-23-16)26-14-17-4-3-5-18(12-17)20(25)24-15-21(2)8-10-22-11-9-21;;/h3-7,12-13,22H,8-11,14-15H2,1-2H3,(H,24,25);2*1H. The molecule has 5 nitrogen and oxygen atoms in total. The number of amides is 1. The van der Waals surface area contributed by atoms with Crippen LogP contribution in [0.15, 0.2) is 42.6 Å². The molecule has 1 fully saturated rings. The van der Waals surface area contributed by atoms with Gasteiger partial charge < -0.3 is 15.4 Å². The Bertz CT molecular complexity index is 748. The fraction of sp³-hybridized carbons (Fsp3) is 0.429. The number of halogens is 2. The van der Waals surface area contributed by atoms with E-state index in [-0.39, 0.29) is 36.1 Å². The number of rotatable bonds is 6. The molecule has 2 N–H and O–H groups in total. The van der Waals surface area contributed by atoms with Crippen LogP contribution in [0.2, 0.25) is 0 Å². The summed E-state index contributed by atoms with van der Waals surface area (Å²) >= 11 is 0. The molecular formula is C21H29Cl2N3O2. The molecule has 1 saturated heterocycles. The van der Waals surface area contributed by atoms with Gasteiger partial charge in [0.15, 0.2) is 0 Å². The van der Waals surface area contributed by atoms with Gasteiger partial charge in [0.1, 0.15) is 12.4 Å². The van der Waals surface area contributed by atoms with E-state index < -0.39 is 0 Å². The maximum atomic E-state index is 12.5. The lowest BCUT2D eigenvalue weighted by molar-refractivity contribution is 0.0922. The van der Waals surface area contributed by atoms with Crippen molar-refractivity contribution in [3.05, 3.63) is 59.4 Å². The van der Waals surface area contributed by atoms with E-state index in [2.05, 4.69) is 22.5 Å². The van der Waals surface area contributed by atoms with Gasteiger partial charge in [0.25, 0.3) is 5.91 Å². The molecule has 1 aromatic carbocycles. The number of benzene rings is 1. The molecule has 28 heavy (non-hydrogen) atoms. The zero-order chi connectivity index (χ0) is 18.4. The Labute approximate surface area is 179 Å². The van der Waals surface area contributed by atoms with Crippen molar-refractivity contribution in [3.63, 3.8) is 0 Å². The van der Waals surface area contributed by atoms with Crippen LogP contribution < -0.4 is 15.4 Å². The molecule has 0 saturated carbocycles. The number of aryl methyl sites for hydroxylation is 1. The molecule has 7 heteroatoms. The van der Waals surface area contributed by atoms with Gasteiger partial charge in [0.05, 0.1) is 6.20 Å². The SMILES string of the molecule is Cc1ccc(OCc2cccc(C(=O)NCC3(C)CCNCC3)c2)cn1.Cl.Cl. The van der Waals surface area contributed by atoms with Crippen LogP contribution >= 0.6 is 24.8 Å². The van der Waals surface area contributed by atoms with Crippen molar-refractivity contribution in [2.45, 2.75) is 33.3 Å². The Morgan fingerprint density at radius 2 is 1.96 bits per heavy atom. The van der Waals surface area contributed by atoms with E-state index in [1.807, 2.05) is 43.3 Å². The summed E-state index contributed by atoms with van der Waals surface area (Å²) in [5.74, 6) is 0.702. The van der Waals surface area contributed by atoms with Crippen LogP contribution in [0, 0.1) is 12.3 Å². The van der Waals surface area contributed by atoms with Gasteiger partial charge in [0, 0.05) is 17.8 Å². The van der Waals surface area contributed by atoms with Crippen LogP contribution in [-0.2, 0) is 6.61 Å². The number of carbonyl (C=O) groups is 1. The minimum Gasteiger partial charge on any atom is -0.487 e. The summed E-state index contributed by atoms with van der Waals surface area (Å²) in [5.41, 5.74) is 2.77. The zero-order valence-electron chi connectivity index (χ0n) is 16.4. The van der Waals surface area contributed by atoms with Crippen molar-refractivity contribution in [2.75, 3.05) is 19.6 Å². The molecule has 0 unspecified atom stereocenters. The first kappa shape index (κ1) is 24.2. The van der Waals surface area contributed by atoms with Crippen LogP contribution in [0.1, 0.15) is 41.4 Å². The molecule has 0 aliphatic carbocycles. The highest BCUT2D eigenvalue weighted by Gasteiger charge is 2.27. The second-order valence-electron chi connectivity index (χ2n) is 7.37. The summed E-state index contributed by atoms with van der Waals surface area (Å²) in [6, 6.07) is 11.4. The highest BCUT2D eigenvalue weighted by molar-refractivity contribution is 5.94. The van der Waals surface area contributed by atoms with E-state index in [9.17, 15) is 4.79 Å². The van der Waals surface area contributed by atoms with Crippen LogP contribution in [0.25, 0.3) is 0 Å². The predicted octanol–water partition coefficient (Wildman–Crippen LogP) is 3.93. The lowest BCUT2D eigenvalue weighted by Gasteiger charge is -2.34. The Morgan fingerprint density at radius 1 is 1.21 bits per heavy atom. The van der Waals surface area contributed by atoms with E-state index in [1.165, 1.54) is 0 Å². The van der Waals surface area contributed by atoms with Crippen molar-refractivity contribution in [3.8, 4) is 5.75 Å². The second kappa shape index (κ2) is 11.2. The first-order chi connectivity index (χ1) is 12.5. The van der Waals surface area contributed by atoms with E-state index in [1.54, 1.807) is 6.20 Å². The summed E-state index contributed by atoms with van der Waals surface area (Å²) < 4.78 is 5.75. The van der Waals surface area contributed by atoms with Gasteiger partial charge in [-0.1, -0.05) is 19.1 Å². The lowest BCUT2D eigenvalue weighted by atomic mass is 9.81. The number of carbonyl (C=O) groups excluding carboxylic acids is 1. The molecule has 3 rings (SSSR count). The molecule has 1 amide bonds. The third-order valence-electron chi connectivity index (χ3n) is 4.97. The zero-order valence-corrected chi connectivity index (χ0v) is 18.0. The van der Waals surface area contributed by atoms with Crippen molar-refractivity contribution in [1.29, 1.82) is 0 Å². The molecule has 2 aromatic rings. The summed E-state index contributed by atoms with van der Waals surface area (Å²) in [6.07, 6.45) is 3.89. The molecule has 0 bridgehead atoms. The van der Waals surface area contributed by atoms with Crippen LogP contribution in [0.5, 0.6) is 5.75 Å². The Hall–Kier alpha value is -1.82. The van der Waals surface area contributed by atoms with E-state index in [0.717, 1.165) is 42.9 Å². The van der Waals surface area contributed by atoms with Crippen LogP contribution in [0.4, 0.5) is 0 Å². The van der Waals surface area contributed by atoms with Crippen molar-refractivity contribution < 1.29 is 9.53 Å². The third-order valence-corrected chi connectivity index (χ3v) is 4.97. The van der Waals surface area contributed by atoms with Gasteiger partial charge >= 0.3 is 0 Å². The molecule has 0 radical (unpaired) electrons. The molecular weight excluding hydrogens is 397 g/mol. The number of hydrogen-bond acceptors (Lipinski definition) is 4. The van der Waals surface area contributed by atoms with Gasteiger partial charge in [-0.3, -0.25) is 9.78 Å². The van der Waals surface area contributed by atoms with Gasteiger partial charge in [0.2, 0.25) is 0 Å². The highest BCUT2D eigenvalue weighted by Crippen LogP contribution is 2.26. The summed E-state index contributed by atoms with van der Waals surface area (Å²) in [6.45, 7) is 7.35. The van der Waals surface area contributed by atoms with Crippen LogP contribution in [0.3, 0.4) is 0 Å². The molecule has 0 atom stereocenters. The minimum absolute atomic E-state index is 0. The fourth-order valence-electron chi connectivity index (χ4n) is 3.11. The average Bonchev–Trinajstić information content (AvgIpc) is 2.66. The molecule has 154 valence electrons. The third kappa shape index (κ3) is 6.97. The number of pyridine rings is 1. The lowest BCUT2D eigenvalue weighted by Crippen LogP contribution is -2.42. The van der Waals surface area contributed by atoms with Gasteiger partial charge in [-0.2, -0.15) is 0 Å². The highest BCUT2D eigenvalue weighted by atomic mass is 35.5. The Kier molecular flexibility index (Phi) is 9.73. The Morgan fingerprint density at radius 3 is 2.64 bits per heavy atom. The summed E-state index contributed by atoms with van der Waals surface area (Å²) in [5, 5.41) is 6.47. The van der Waals surface area contributed by atoms with E-state index in [0.29, 0.717) is 18.7 Å². The smallest absolute Gasteiger partial charge is 0.251 e. The van der Waals surface area contributed by atoms with Gasteiger partial charge in [-0.05, 0) is 68.1 Å². The second-order valence-corrected chi connectivity index (χ2v) is 7.37. The average molecular weight is 426 g/mol. The van der Waals surface area contributed by atoms with E-state index >= 15 is 0 Å². The number of hydrogen-bond donors (Lipinski definition) is 2. The normalized spacial score (nSPS) is 14.9. The van der Waals surface area contributed by atoms with Crippen molar-refractivity contribution in [1.82, 2.24) is 15.6 Å². The number of piperidine rings is 1. The summed E-state index contributed by atoms with van der Waals surface area (Å²) in [7, 11) is 0. The van der Waals surface area contributed by atoms with Crippen molar-refractivity contribution in [2.24, 2.45) is 5.41 Å².